The van der Waals surface area contributed by atoms with Crippen molar-refractivity contribution in [3.05, 3.63) is 35.9 Å². The zero-order valence-electron chi connectivity index (χ0n) is 11.4. The van der Waals surface area contributed by atoms with Crippen molar-refractivity contribution in [3.8, 4) is 0 Å². The number of piperidine rings is 1. The summed E-state index contributed by atoms with van der Waals surface area (Å²) in [4.78, 5) is 11.5. The first-order valence-electron chi connectivity index (χ1n) is 7.21. The van der Waals surface area contributed by atoms with Crippen molar-refractivity contribution >= 4 is 5.97 Å². The van der Waals surface area contributed by atoms with Crippen LogP contribution in [0.25, 0.3) is 0 Å². The Balaban J connectivity index is 1.78. The maximum absolute atomic E-state index is 11.5. The number of carboxylic acids is 1. The molecule has 1 fully saturated rings. The van der Waals surface area contributed by atoms with Crippen LogP contribution in [-0.4, -0.2) is 24.2 Å². The molecule has 0 radical (unpaired) electrons. The zero-order valence-corrected chi connectivity index (χ0v) is 11.4. The molecule has 1 atom stereocenters. The third-order valence-corrected chi connectivity index (χ3v) is 4.14. The lowest BCUT2D eigenvalue weighted by atomic mass is 9.76. The van der Waals surface area contributed by atoms with E-state index in [1.165, 1.54) is 5.56 Å². The number of hydrogen-bond acceptors (Lipinski definition) is 2. The fourth-order valence-electron chi connectivity index (χ4n) is 2.91. The molecule has 1 aromatic carbocycles. The van der Waals surface area contributed by atoms with Gasteiger partial charge in [-0.3, -0.25) is 4.79 Å². The maximum Gasteiger partial charge on any atom is 0.310 e. The lowest BCUT2D eigenvalue weighted by Crippen LogP contribution is -2.45. The molecule has 3 nitrogen and oxygen atoms in total. The normalized spacial score (nSPS) is 23.2. The number of benzene rings is 1. The minimum atomic E-state index is -0.626. The number of carbonyl (C=O) groups is 1. The molecule has 19 heavy (non-hydrogen) atoms. The lowest BCUT2D eigenvalue weighted by molar-refractivity contribution is -0.150. The standard InChI is InChI=1S/C16H23NO2/c18-15(19)16(11-6-12-17-13-16)10-5-4-9-14-7-2-1-3-8-14/h1-3,7-8,17H,4-6,9-13H2,(H,18,19). The predicted molar refractivity (Wildman–Crippen MR) is 76.2 cm³/mol. The smallest absolute Gasteiger partial charge is 0.310 e. The van der Waals surface area contributed by atoms with Crippen LogP contribution in [0.2, 0.25) is 0 Å². The van der Waals surface area contributed by atoms with E-state index in [2.05, 4.69) is 29.6 Å². The van der Waals surface area contributed by atoms with E-state index in [4.69, 9.17) is 0 Å². The van der Waals surface area contributed by atoms with Crippen LogP contribution in [0.15, 0.2) is 30.3 Å². The van der Waals surface area contributed by atoms with Crippen LogP contribution in [0, 0.1) is 5.41 Å². The van der Waals surface area contributed by atoms with E-state index in [-0.39, 0.29) is 0 Å². The highest BCUT2D eigenvalue weighted by atomic mass is 16.4. The molecule has 3 heteroatoms. The fraction of sp³-hybridized carbons (Fsp3) is 0.562. The summed E-state index contributed by atoms with van der Waals surface area (Å²) in [5.74, 6) is -0.626. The van der Waals surface area contributed by atoms with Gasteiger partial charge < -0.3 is 10.4 Å². The summed E-state index contributed by atoms with van der Waals surface area (Å²) in [5, 5.41) is 12.7. The van der Waals surface area contributed by atoms with Crippen LogP contribution in [-0.2, 0) is 11.2 Å². The van der Waals surface area contributed by atoms with Crippen LogP contribution in [0.3, 0.4) is 0 Å². The van der Waals surface area contributed by atoms with Gasteiger partial charge in [-0.05, 0) is 44.2 Å². The van der Waals surface area contributed by atoms with Gasteiger partial charge in [-0.1, -0.05) is 36.8 Å². The van der Waals surface area contributed by atoms with E-state index < -0.39 is 11.4 Å². The van der Waals surface area contributed by atoms with Gasteiger partial charge in [0.1, 0.15) is 0 Å². The van der Waals surface area contributed by atoms with Gasteiger partial charge in [0.25, 0.3) is 0 Å². The average Bonchev–Trinajstić information content (AvgIpc) is 2.46. The number of aryl methyl sites for hydroxylation is 1. The Kier molecular flexibility index (Phi) is 4.97. The highest BCUT2D eigenvalue weighted by Crippen LogP contribution is 2.32. The van der Waals surface area contributed by atoms with Crippen LogP contribution in [0.4, 0.5) is 0 Å². The summed E-state index contributed by atoms with van der Waals surface area (Å²) in [6, 6.07) is 10.4. The zero-order chi connectivity index (χ0) is 13.6. The first-order chi connectivity index (χ1) is 9.23. The van der Waals surface area contributed by atoms with E-state index >= 15 is 0 Å². The Bertz CT molecular complexity index is 396. The summed E-state index contributed by atoms with van der Waals surface area (Å²) >= 11 is 0. The van der Waals surface area contributed by atoms with Crippen molar-refractivity contribution in [3.63, 3.8) is 0 Å². The van der Waals surface area contributed by atoms with Gasteiger partial charge >= 0.3 is 5.97 Å². The van der Waals surface area contributed by atoms with Crippen LogP contribution in [0.5, 0.6) is 0 Å². The lowest BCUT2D eigenvalue weighted by Gasteiger charge is -2.33. The fourth-order valence-corrected chi connectivity index (χ4v) is 2.91. The summed E-state index contributed by atoms with van der Waals surface area (Å²) in [6.45, 7) is 1.59. The molecule has 1 aliphatic heterocycles. The van der Waals surface area contributed by atoms with E-state index in [0.717, 1.165) is 45.1 Å². The molecule has 2 N–H and O–H groups in total. The molecule has 0 spiro atoms. The molecule has 1 unspecified atom stereocenters. The molecular weight excluding hydrogens is 238 g/mol. The molecular formula is C16H23NO2. The molecule has 0 saturated carbocycles. The molecule has 0 aliphatic carbocycles. The topological polar surface area (TPSA) is 49.3 Å². The number of nitrogens with one attached hydrogen (secondary N) is 1. The van der Waals surface area contributed by atoms with Gasteiger partial charge in [0.2, 0.25) is 0 Å². The first-order valence-corrected chi connectivity index (χ1v) is 7.21. The van der Waals surface area contributed by atoms with Gasteiger partial charge in [-0.25, -0.2) is 0 Å². The first kappa shape index (κ1) is 14.1. The number of rotatable bonds is 6. The monoisotopic (exact) mass is 261 g/mol. The quantitative estimate of drug-likeness (QED) is 0.774. The molecule has 0 amide bonds. The Morgan fingerprint density at radius 1 is 1.26 bits per heavy atom. The minimum absolute atomic E-state index is 0.519. The number of aliphatic carboxylic acids is 1. The van der Waals surface area contributed by atoms with Crippen LogP contribution >= 0.6 is 0 Å². The average molecular weight is 261 g/mol. The van der Waals surface area contributed by atoms with Gasteiger partial charge in [0.15, 0.2) is 0 Å². The Morgan fingerprint density at radius 3 is 2.68 bits per heavy atom. The predicted octanol–water partition coefficient (Wildman–Crippen LogP) is 2.85. The van der Waals surface area contributed by atoms with Crippen LogP contribution < -0.4 is 5.32 Å². The van der Waals surface area contributed by atoms with E-state index in [9.17, 15) is 9.90 Å². The highest BCUT2D eigenvalue weighted by molar-refractivity contribution is 5.75. The molecule has 104 valence electrons. The summed E-state index contributed by atoms with van der Waals surface area (Å²) in [7, 11) is 0. The van der Waals surface area contributed by atoms with Gasteiger partial charge in [0.05, 0.1) is 5.41 Å². The number of hydrogen-bond donors (Lipinski definition) is 2. The van der Waals surface area contributed by atoms with E-state index in [1.807, 2.05) is 6.07 Å². The molecule has 1 saturated heterocycles. The highest BCUT2D eigenvalue weighted by Gasteiger charge is 2.38. The van der Waals surface area contributed by atoms with Crippen molar-refractivity contribution in [2.75, 3.05) is 13.1 Å². The van der Waals surface area contributed by atoms with Crippen molar-refractivity contribution < 1.29 is 9.90 Å². The second-order valence-corrected chi connectivity index (χ2v) is 5.56. The third-order valence-electron chi connectivity index (χ3n) is 4.14. The Hall–Kier alpha value is -1.35. The van der Waals surface area contributed by atoms with Crippen molar-refractivity contribution in [2.24, 2.45) is 5.41 Å². The van der Waals surface area contributed by atoms with E-state index in [1.54, 1.807) is 0 Å². The van der Waals surface area contributed by atoms with Gasteiger partial charge in [-0.2, -0.15) is 0 Å². The molecule has 0 aromatic heterocycles. The van der Waals surface area contributed by atoms with Crippen molar-refractivity contribution in [1.29, 1.82) is 0 Å². The Labute approximate surface area is 115 Å². The second-order valence-electron chi connectivity index (χ2n) is 5.56. The van der Waals surface area contributed by atoms with E-state index in [0.29, 0.717) is 6.54 Å². The van der Waals surface area contributed by atoms with Crippen LogP contribution in [0.1, 0.15) is 37.7 Å². The van der Waals surface area contributed by atoms with Gasteiger partial charge in [-0.15, -0.1) is 0 Å². The van der Waals surface area contributed by atoms with Gasteiger partial charge in [0, 0.05) is 6.54 Å². The minimum Gasteiger partial charge on any atom is -0.481 e. The largest absolute Gasteiger partial charge is 0.481 e. The molecule has 1 heterocycles. The summed E-state index contributed by atoms with van der Waals surface area (Å²) in [6.07, 6.45) is 5.69. The summed E-state index contributed by atoms with van der Waals surface area (Å²) in [5.41, 5.74) is 0.822. The molecule has 1 aromatic rings. The molecule has 1 aliphatic rings. The second kappa shape index (κ2) is 6.71. The van der Waals surface area contributed by atoms with Crippen molar-refractivity contribution in [1.82, 2.24) is 5.32 Å². The summed E-state index contributed by atoms with van der Waals surface area (Å²) < 4.78 is 0. The number of unbranched alkanes of at least 4 members (excludes halogenated alkanes) is 1. The van der Waals surface area contributed by atoms with Crippen molar-refractivity contribution in [2.45, 2.75) is 38.5 Å². The SMILES string of the molecule is O=C(O)C1(CCCCc2ccccc2)CCCNC1. The molecule has 2 rings (SSSR count). The maximum atomic E-state index is 11.5. The molecule has 0 bridgehead atoms. The third kappa shape index (κ3) is 3.80. The number of carboxylic acid groups (broad SMARTS) is 1. The Morgan fingerprint density at radius 2 is 2.05 bits per heavy atom.